The highest BCUT2D eigenvalue weighted by Crippen LogP contribution is 2.31. The lowest BCUT2D eigenvalue weighted by Gasteiger charge is -2.33. The van der Waals surface area contributed by atoms with Crippen molar-refractivity contribution in [3.05, 3.63) is 30.2 Å². The van der Waals surface area contributed by atoms with E-state index in [-0.39, 0.29) is 24.3 Å². The van der Waals surface area contributed by atoms with Crippen LogP contribution >= 0.6 is 0 Å². The first-order chi connectivity index (χ1) is 11.6. The smallest absolute Gasteiger partial charge is 0.229 e. The minimum Gasteiger partial charge on any atom is -0.486 e. The van der Waals surface area contributed by atoms with E-state index in [1.807, 2.05) is 11.9 Å². The molecular formula is C15H17FN6O2. The fraction of sp³-hybridized carbons (Fsp3) is 0.267. The summed E-state index contributed by atoms with van der Waals surface area (Å²) in [7, 11) is 1.82. The van der Waals surface area contributed by atoms with Crippen molar-refractivity contribution in [2.24, 2.45) is 10.7 Å². The number of benzene rings is 1. The van der Waals surface area contributed by atoms with Crippen molar-refractivity contribution in [1.82, 2.24) is 9.97 Å². The predicted molar refractivity (Wildman–Crippen MR) is 88.8 cm³/mol. The van der Waals surface area contributed by atoms with Gasteiger partial charge in [0.05, 0.1) is 25.2 Å². The molecule has 0 radical (unpaired) electrons. The number of nitrogens with zero attached hydrogens (tertiary/aromatic N) is 4. The van der Waals surface area contributed by atoms with Crippen molar-refractivity contribution < 1.29 is 14.2 Å². The number of rotatable bonds is 4. The van der Waals surface area contributed by atoms with Crippen LogP contribution in [-0.2, 0) is 0 Å². The second kappa shape index (κ2) is 6.67. The van der Waals surface area contributed by atoms with Crippen molar-refractivity contribution in [3.8, 4) is 5.75 Å². The largest absolute Gasteiger partial charge is 0.486 e. The predicted octanol–water partition coefficient (Wildman–Crippen LogP) is 1.17. The fourth-order valence-corrected chi connectivity index (χ4v) is 2.32. The summed E-state index contributed by atoms with van der Waals surface area (Å²) in [6, 6.07) is 4.25. The van der Waals surface area contributed by atoms with Crippen molar-refractivity contribution >= 4 is 29.5 Å². The number of likely N-dealkylation sites (N-methyl/N-ethyl adjacent to an activating group) is 1. The number of halogens is 1. The fourth-order valence-electron chi connectivity index (χ4n) is 2.32. The summed E-state index contributed by atoms with van der Waals surface area (Å²) < 4.78 is 19.4. The Morgan fingerprint density at radius 3 is 3.12 bits per heavy atom. The van der Waals surface area contributed by atoms with Gasteiger partial charge in [-0.25, -0.2) is 14.4 Å². The number of fused-ring (bicyclic) bond motifs is 1. The summed E-state index contributed by atoms with van der Waals surface area (Å²) in [6.45, 7) is 0.321. The maximum Gasteiger partial charge on any atom is 0.229 e. The molecule has 126 valence electrons. The Balaban J connectivity index is 1.84. The van der Waals surface area contributed by atoms with E-state index < -0.39 is 5.82 Å². The van der Waals surface area contributed by atoms with E-state index in [4.69, 9.17) is 10.5 Å². The molecule has 0 bridgehead atoms. The Hall–Kier alpha value is -2.94. The van der Waals surface area contributed by atoms with E-state index >= 15 is 0 Å². The van der Waals surface area contributed by atoms with Gasteiger partial charge in [-0.15, -0.1) is 0 Å². The second-order valence-electron chi connectivity index (χ2n) is 5.21. The monoisotopic (exact) mass is 332 g/mol. The Bertz CT molecular complexity index is 770. The molecule has 8 nitrogen and oxygen atoms in total. The Morgan fingerprint density at radius 1 is 1.58 bits per heavy atom. The Morgan fingerprint density at radius 2 is 2.42 bits per heavy atom. The molecule has 0 fully saturated rings. The molecule has 0 saturated carbocycles. The molecule has 1 aliphatic heterocycles. The molecule has 0 spiro atoms. The van der Waals surface area contributed by atoms with Crippen LogP contribution in [0.1, 0.15) is 0 Å². The quantitative estimate of drug-likeness (QED) is 0.569. The van der Waals surface area contributed by atoms with Gasteiger partial charge in [0, 0.05) is 12.7 Å². The minimum absolute atomic E-state index is 0.0446. The Kier molecular flexibility index (Phi) is 4.43. The highest BCUT2D eigenvalue weighted by molar-refractivity contribution is 5.64. The van der Waals surface area contributed by atoms with E-state index in [1.165, 1.54) is 18.3 Å². The van der Waals surface area contributed by atoms with Gasteiger partial charge in [0.25, 0.3) is 0 Å². The van der Waals surface area contributed by atoms with E-state index in [0.29, 0.717) is 23.9 Å². The third-order valence-corrected chi connectivity index (χ3v) is 3.68. The van der Waals surface area contributed by atoms with Crippen molar-refractivity contribution in [2.45, 2.75) is 6.04 Å². The van der Waals surface area contributed by atoms with Gasteiger partial charge < -0.3 is 25.8 Å². The van der Waals surface area contributed by atoms with E-state index in [2.05, 4.69) is 20.3 Å². The van der Waals surface area contributed by atoms with Crippen molar-refractivity contribution in [1.29, 1.82) is 0 Å². The highest BCUT2D eigenvalue weighted by atomic mass is 19.1. The number of aliphatic hydroxyl groups is 1. The third-order valence-electron chi connectivity index (χ3n) is 3.68. The zero-order chi connectivity index (χ0) is 17.1. The summed E-state index contributed by atoms with van der Waals surface area (Å²) in [4.78, 5) is 14.1. The van der Waals surface area contributed by atoms with Crippen LogP contribution in [0.15, 0.2) is 29.4 Å². The van der Waals surface area contributed by atoms with Gasteiger partial charge in [-0.3, -0.25) is 0 Å². The van der Waals surface area contributed by atoms with Crippen LogP contribution in [0.3, 0.4) is 0 Å². The lowest BCUT2D eigenvalue weighted by molar-refractivity contribution is 0.189. The number of aromatic nitrogens is 2. The van der Waals surface area contributed by atoms with Gasteiger partial charge in [-0.1, -0.05) is 0 Å². The minimum atomic E-state index is -0.513. The molecule has 4 N–H and O–H groups in total. The summed E-state index contributed by atoms with van der Waals surface area (Å²) in [5, 5.41) is 12.3. The van der Waals surface area contributed by atoms with E-state index in [0.717, 1.165) is 6.34 Å². The molecule has 2 heterocycles. The van der Waals surface area contributed by atoms with Gasteiger partial charge >= 0.3 is 0 Å². The first-order valence-corrected chi connectivity index (χ1v) is 7.26. The number of ether oxygens (including phenoxy) is 1. The van der Waals surface area contributed by atoms with Crippen LogP contribution in [0.25, 0.3) is 0 Å². The van der Waals surface area contributed by atoms with E-state index in [9.17, 15) is 9.50 Å². The average molecular weight is 332 g/mol. The molecule has 1 aromatic carbocycles. The Labute approximate surface area is 137 Å². The molecule has 1 atom stereocenters. The van der Waals surface area contributed by atoms with Crippen molar-refractivity contribution in [3.63, 3.8) is 0 Å². The van der Waals surface area contributed by atoms with Gasteiger partial charge in [-0.05, 0) is 18.2 Å². The standard InChI is InChI=1S/C15H17FN6O2/c1-22-10(6-23)7-24-13-5-18-15(21-14(13)22)20-9-2-3-12(19-8-17)11(16)4-9/h2-5,8,10,23H,6-7H2,1H3,(H2,17,19)(H,18,20,21)/t10-/m0/s1. The molecule has 0 amide bonds. The van der Waals surface area contributed by atoms with E-state index in [1.54, 1.807) is 6.07 Å². The number of hydrogen-bond acceptors (Lipinski definition) is 7. The van der Waals surface area contributed by atoms with Crippen LogP contribution in [0.2, 0.25) is 0 Å². The van der Waals surface area contributed by atoms with Crippen LogP contribution in [0, 0.1) is 5.82 Å². The second-order valence-corrected chi connectivity index (χ2v) is 5.21. The van der Waals surface area contributed by atoms with Crippen LogP contribution in [0.4, 0.5) is 27.5 Å². The number of hydrogen-bond donors (Lipinski definition) is 3. The SMILES string of the molecule is CN1c2nc(Nc3ccc(N=CN)c(F)c3)ncc2OC[C@@H]1CO. The third kappa shape index (κ3) is 3.06. The molecule has 9 heteroatoms. The highest BCUT2D eigenvalue weighted by Gasteiger charge is 2.26. The summed E-state index contributed by atoms with van der Waals surface area (Å²) in [6.07, 6.45) is 2.57. The van der Waals surface area contributed by atoms with Crippen LogP contribution in [0.5, 0.6) is 5.75 Å². The molecule has 3 rings (SSSR count). The van der Waals surface area contributed by atoms with Crippen LogP contribution in [-0.4, -0.2) is 47.7 Å². The first kappa shape index (κ1) is 15.9. The van der Waals surface area contributed by atoms with Gasteiger partial charge in [-0.2, -0.15) is 4.98 Å². The summed E-state index contributed by atoms with van der Waals surface area (Å²) >= 11 is 0. The molecule has 0 saturated heterocycles. The number of aliphatic imine (C=N–C) groups is 1. The van der Waals surface area contributed by atoms with Crippen molar-refractivity contribution in [2.75, 3.05) is 30.5 Å². The lowest BCUT2D eigenvalue weighted by atomic mass is 10.2. The average Bonchev–Trinajstić information content (AvgIpc) is 2.58. The van der Waals surface area contributed by atoms with Gasteiger partial charge in [0.15, 0.2) is 17.4 Å². The molecule has 24 heavy (non-hydrogen) atoms. The summed E-state index contributed by atoms with van der Waals surface area (Å²) in [5.74, 6) is 0.868. The molecule has 0 unspecified atom stereocenters. The maximum atomic E-state index is 13.9. The topological polar surface area (TPSA) is 109 Å². The van der Waals surface area contributed by atoms with Gasteiger partial charge in [0.1, 0.15) is 12.3 Å². The molecule has 1 aliphatic rings. The number of anilines is 3. The van der Waals surface area contributed by atoms with Gasteiger partial charge in [0.2, 0.25) is 5.95 Å². The number of nitrogens with one attached hydrogen (secondary N) is 1. The molecule has 0 aliphatic carbocycles. The normalized spacial score (nSPS) is 16.8. The molecule has 1 aromatic heterocycles. The molecular weight excluding hydrogens is 315 g/mol. The maximum absolute atomic E-state index is 13.9. The zero-order valence-electron chi connectivity index (χ0n) is 13.0. The lowest BCUT2D eigenvalue weighted by Crippen LogP contribution is -2.43. The zero-order valence-corrected chi connectivity index (χ0v) is 13.0. The van der Waals surface area contributed by atoms with Crippen LogP contribution < -0.4 is 20.7 Å². The number of nitrogens with two attached hydrogens (primary N) is 1. The summed E-state index contributed by atoms with van der Waals surface area (Å²) in [5.41, 5.74) is 5.78. The number of aliphatic hydroxyl groups excluding tert-OH is 1. The first-order valence-electron chi connectivity index (χ1n) is 7.26. The molecule has 2 aromatic rings.